The van der Waals surface area contributed by atoms with E-state index in [0.29, 0.717) is 0 Å². The smallest absolute Gasteiger partial charge is 0.0569 e. The van der Waals surface area contributed by atoms with Crippen LogP contribution in [0.4, 0.5) is 0 Å². The van der Waals surface area contributed by atoms with E-state index < -0.39 is 0 Å². The maximum Gasteiger partial charge on any atom is 0.0569 e. The molecule has 0 saturated carbocycles. The van der Waals surface area contributed by atoms with Crippen molar-refractivity contribution in [3.63, 3.8) is 0 Å². The van der Waals surface area contributed by atoms with Gasteiger partial charge >= 0.3 is 0 Å². The fraction of sp³-hybridized carbons (Fsp3) is 0.222. The van der Waals surface area contributed by atoms with Crippen LogP contribution in [0, 0.1) is 12.3 Å². The largest absolute Gasteiger partial charge is 0.323 e. The first-order valence-corrected chi connectivity index (χ1v) is 3.42. The van der Waals surface area contributed by atoms with Gasteiger partial charge in [0, 0.05) is 17.8 Å². The van der Waals surface area contributed by atoms with Gasteiger partial charge in [0.1, 0.15) is 0 Å². The Morgan fingerprint density at radius 3 is 2.73 bits per heavy atom. The lowest BCUT2D eigenvalue weighted by atomic mass is 10.2. The normalized spacial score (nSPS) is 12.1. The van der Waals surface area contributed by atoms with Crippen LogP contribution in [-0.4, -0.2) is 4.98 Å². The highest BCUT2D eigenvalue weighted by molar-refractivity contribution is 5.30. The topological polar surface area (TPSA) is 38.9 Å². The van der Waals surface area contributed by atoms with Gasteiger partial charge in [0.25, 0.3) is 0 Å². The van der Waals surface area contributed by atoms with Crippen LogP contribution in [0.5, 0.6) is 0 Å². The molecule has 0 radical (unpaired) electrons. The Balaban J connectivity index is 2.94. The zero-order chi connectivity index (χ0) is 8.27. The fourth-order valence-corrected chi connectivity index (χ4v) is 0.760. The lowest BCUT2D eigenvalue weighted by Crippen LogP contribution is -2.06. The second-order valence-electron chi connectivity index (χ2n) is 2.40. The summed E-state index contributed by atoms with van der Waals surface area (Å²) in [5.74, 6) is 2.49. The number of hydrogen-bond donors (Lipinski definition) is 1. The molecule has 56 valence electrons. The summed E-state index contributed by atoms with van der Waals surface area (Å²) in [6, 6.07) is 3.66. The number of aromatic nitrogens is 1. The van der Waals surface area contributed by atoms with Crippen LogP contribution in [0.3, 0.4) is 0 Å². The number of nitrogens with two attached hydrogens (primary N) is 1. The molecule has 0 unspecified atom stereocenters. The van der Waals surface area contributed by atoms with E-state index in [1.165, 1.54) is 0 Å². The van der Waals surface area contributed by atoms with E-state index in [2.05, 4.69) is 10.9 Å². The standard InChI is InChI=1S/C9H10N2/c1-3-8-4-5-9(7(2)10)11-6-8/h1,4-7H,10H2,2H3/t7-/m0/s1. The second kappa shape index (κ2) is 3.18. The Hall–Kier alpha value is -1.33. The van der Waals surface area contributed by atoms with Crippen molar-refractivity contribution < 1.29 is 0 Å². The van der Waals surface area contributed by atoms with E-state index in [0.717, 1.165) is 11.3 Å². The summed E-state index contributed by atoms with van der Waals surface area (Å²) in [5, 5.41) is 0. The molecule has 0 aromatic carbocycles. The van der Waals surface area contributed by atoms with Crippen LogP contribution in [0.1, 0.15) is 24.2 Å². The summed E-state index contributed by atoms with van der Waals surface area (Å²) in [5.41, 5.74) is 7.24. The van der Waals surface area contributed by atoms with Gasteiger partial charge in [0.15, 0.2) is 0 Å². The number of hydrogen-bond acceptors (Lipinski definition) is 2. The molecule has 0 bridgehead atoms. The first kappa shape index (κ1) is 7.77. The molecule has 2 heteroatoms. The van der Waals surface area contributed by atoms with Crippen molar-refractivity contribution >= 4 is 0 Å². The third kappa shape index (κ3) is 1.79. The first-order chi connectivity index (χ1) is 5.24. The van der Waals surface area contributed by atoms with Gasteiger partial charge in [-0.3, -0.25) is 4.98 Å². The van der Waals surface area contributed by atoms with Crippen molar-refractivity contribution in [1.82, 2.24) is 4.98 Å². The van der Waals surface area contributed by atoms with Gasteiger partial charge in [-0.05, 0) is 19.1 Å². The molecular formula is C9H10N2. The van der Waals surface area contributed by atoms with Gasteiger partial charge in [-0.25, -0.2) is 0 Å². The predicted molar refractivity (Wildman–Crippen MR) is 44.8 cm³/mol. The van der Waals surface area contributed by atoms with Gasteiger partial charge in [-0.1, -0.05) is 5.92 Å². The zero-order valence-electron chi connectivity index (χ0n) is 6.41. The minimum Gasteiger partial charge on any atom is -0.323 e. The SMILES string of the molecule is C#Cc1ccc([C@H](C)N)nc1. The molecular weight excluding hydrogens is 136 g/mol. The van der Waals surface area contributed by atoms with Crippen LogP contribution >= 0.6 is 0 Å². The summed E-state index contributed by atoms with van der Waals surface area (Å²) in [7, 11) is 0. The van der Waals surface area contributed by atoms with Crippen molar-refractivity contribution in [1.29, 1.82) is 0 Å². The first-order valence-electron chi connectivity index (χ1n) is 3.42. The van der Waals surface area contributed by atoms with Crippen molar-refractivity contribution in [2.45, 2.75) is 13.0 Å². The van der Waals surface area contributed by atoms with Crippen molar-refractivity contribution in [2.75, 3.05) is 0 Å². The fourth-order valence-electron chi connectivity index (χ4n) is 0.760. The third-order valence-corrected chi connectivity index (χ3v) is 1.42. The minimum absolute atomic E-state index is 0.0261. The van der Waals surface area contributed by atoms with E-state index in [-0.39, 0.29) is 6.04 Å². The molecule has 1 aromatic rings. The average molecular weight is 146 g/mol. The highest BCUT2D eigenvalue weighted by Crippen LogP contribution is 2.05. The van der Waals surface area contributed by atoms with Gasteiger partial charge in [0.2, 0.25) is 0 Å². The minimum atomic E-state index is -0.0261. The number of nitrogens with zero attached hydrogens (tertiary/aromatic N) is 1. The molecule has 1 rings (SSSR count). The predicted octanol–water partition coefficient (Wildman–Crippen LogP) is 1.08. The third-order valence-electron chi connectivity index (χ3n) is 1.42. The molecule has 1 atom stereocenters. The van der Waals surface area contributed by atoms with Crippen LogP contribution in [0.2, 0.25) is 0 Å². The van der Waals surface area contributed by atoms with Crippen molar-refractivity contribution in [2.24, 2.45) is 5.73 Å². The van der Waals surface area contributed by atoms with E-state index in [4.69, 9.17) is 12.2 Å². The molecule has 0 aliphatic rings. The molecule has 1 heterocycles. The zero-order valence-corrected chi connectivity index (χ0v) is 6.41. The summed E-state index contributed by atoms with van der Waals surface area (Å²) in [6.07, 6.45) is 6.81. The molecule has 0 fully saturated rings. The Labute approximate surface area is 66.4 Å². The molecule has 0 spiro atoms. The Morgan fingerprint density at radius 2 is 2.36 bits per heavy atom. The molecule has 2 N–H and O–H groups in total. The van der Waals surface area contributed by atoms with E-state index in [9.17, 15) is 0 Å². The molecule has 11 heavy (non-hydrogen) atoms. The van der Waals surface area contributed by atoms with Crippen LogP contribution < -0.4 is 5.73 Å². The van der Waals surface area contributed by atoms with Crippen LogP contribution in [0.15, 0.2) is 18.3 Å². The highest BCUT2D eigenvalue weighted by atomic mass is 14.7. The van der Waals surface area contributed by atoms with E-state index in [1.807, 2.05) is 19.1 Å². The summed E-state index contributed by atoms with van der Waals surface area (Å²) in [6.45, 7) is 1.89. The molecule has 0 aliphatic heterocycles. The van der Waals surface area contributed by atoms with Crippen LogP contribution in [-0.2, 0) is 0 Å². The van der Waals surface area contributed by atoms with E-state index >= 15 is 0 Å². The van der Waals surface area contributed by atoms with E-state index in [1.54, 1.807) is 6.20 Å². The van der Waals surface area contributed by atoms with Crippen molar-refractivity contribution in [3.05, 3.63) is 29.6 Å². The number of rotatable bonds is 1. The number of pyridine rings is 1. The summed E-state index contributed by atoms with van der Waals surface area (Å²) < 4.78 is 0. The quantitative estimate of drug-likeness (QED) is 0.602. The Morgan fingerprint density at radius 1 is 1.64 bits per heavy atom. The molecule has 0 aliphatic carbocycles. The average Bonchev–Trinajstić information content (AvgIpc) is 2.05. The van der Waals surface area contributed by atoms with Gasteiger partial charge in [-0.2, -0.15) is 0 Å². The summed E-state index contributed by atoms with van der Waals surface area (Å²) >= 11 is 0. The molecule has 0 amide bonds. The van der Waals surface area contributed by atoms with Gasteiger partial charge < -0.3 is 5.73 Å². The maximum absolute atomic E-state index is 5.59. The monoisotopic (exact) mass is 146 g/mol. The Bertz CT molecular complexity index is 267. The van der Waals surface area contributed by atoms with Crippen LogP contribution in [0.25, 0.3) is 0 Å². The lowest BCUT2D eigenvalue weighted by Gasteiger charge is -2.02. The molecule has 1 aromatic heterocycles. The lowest BCUT2D eigenvalue weighted by molar-refractivity contribution is 0.781. The summed E-state index contributed by atoms with van der Waals surface area (Å²) in [4.78, 5) is 4.08. The molecule has 0 saturated heterocycles. The second-order valence-corrected chi connectivity index (χ2v) is 2.40. The van der Waals surface area contributed by atoms with Gasteiger partial charge in [0.05, 0.1) is 5.69 Å². The number of terminal acetylenes is 1. The van der Waals surface area contributed by atoms with Crippen molar-refractivity contribution in [3.8, 4) is 12.3 Å². The van der Waals surface area contributed by atoms with Gasteiger partial charge in [-0.15, -0.1) is 6.42 Å². The highest BCUT2D eigenvalue weighted by Gasteiger charge is 1.98. The molecule has 2 nitrogen and oxygen atoms in total. The maximum atomic E-state index is 5.59. The Kier molecular flexibility index (Phi) is 2.25.